The highest BCUT2D eigenvalue weighted by atomic mass is 16.6. The average Bonchev–Trinajstić information content (AvgIpc) is 3.20. The second-order valence-electron chi connectivity index (χ2n) is 6.19. The zero-order valence-electron chi connectivity index (χ0n) is 16.5. The molecule has 29 heavy (non-hydrogen) atoms. The van der Waals surface area contributed by atoms with Crippen LogP contribution in [0.25, 0.3) is 17.5 Å². The summed E-state index contributed by atoms with van der Waals surface area (Å²) in [7, 11) is 1.54. The largest absolute Gasteiger partial charge is 0.493 e. The van der Waals surface area contributed by atoms with Crippen LogP contribution in [0.3, 0.4) is 0 Å². The average molecular weight is 394 g/mol. The molecule has 150 valence electrons. The SMILES string of the molecule is C/C=C/c1ccc(OCC(=O)OCc2nc(-c3ccccc3C)no2)c(OC)c1. The van der Waals surface area contributed by atoms with Crippen LogP contribution < -0.4 is 9.47 Å². The van der Waals surface area contributed by atoms with Crippen LogP contribution in [0.15, 0.2) is 53.1 Å². The number of hydrogen-bond acceptors (Lipinski definition) is 7. The minimum absolute atomic E-state index is 0.127. The van der Waals surface area contributed by atoms with Crippen LogP contribution in [0.5, 0.6) is 11.5 Å². The fourth-order valence-electron chi connectivity index (χ4n) is 2.67. The van der Waals surface area contributed by atoms with Gasteiger partial charge in [-0.1, -0.05) is 47.6 Å². The lowest BCUT2D eigenvalue weighted by molar-refractivity contribution is -0.148. The molecule has 0 radical (unpaired) electrons. The number of carbonyl (C=O) groups excluding carboxylic acids is 1. The summed E-state index contributed by atoms with van der Waals surface area (Å²) in [5.74, 6) is 1.10. The topological polar surface area (TPSA) is 83.7 Å². The van der Waals surface area contributed by atoms with Gasteiger partial charge in [0.25, 0.3) is 5.89 Å². The standard InChI is InChI=1S/C22H22N2O5/c1-4-7-16-10-11-18(19(12-16)26-3)27-14-21(25)28-13-20-23-22(24-29-20)17-9-6-5-8-15(17)2/h4-12H,13-14H2,1-3H3/b7-4+. The lowest BCUT2D eigenvalue weighted by Gasteiger charge is -2.10. The van der Waals surface area contributed by atoms with Crippen molar-refractivity contribution in [2.45, 2.75) is 20.5 Å². The Balaban J connectivity index is 1.54. The Morgan fingerprint density at radius 3 is 2.76 bits per heavy atom. The molecule has 0 amide bonds. The number of aromatic nitrogens is 2. The van der Waals surface area contributed by atoms with Crippen molar-refractivity contribution >= 4 is 12.0 Å². The molecule has 0 saturated carbocycles. The fraction of sp³-hybridized carbons (Fsp3) is 0.227. The van der Waals surface area contributed by atoms with E-state index in [1.807, 2.05) is 62.4 Å². The summed E-state index contributed by atoms with van der Waals surface area (Å²) in [6.07, 6.45) is 3.87. The van der Waals surface area contributed by atoms with E-state index in [0.29, 0.717) is 17.3 Å². The zero-order chi connectivity index (χ0) is 20.6. The van der Waals surface area contributed by atoms with E-state index in [-0.39, 0.29) is 19.1 Å². The molecule has 0 unspecified atom stereocenters. The highest BCUT2D eigenvalue weighted by Gasteiger charge is 2.14. The molecule has 7 nitrogen and oxygen atoms in total. The Bertz CT molecular complexity index is 1010. The molecule has 0 spiro atoms. The third-order valence-corrected chi connectivity index (χ3v) is 4.10. The summed E-state index contributed by atoms with van der Waals surface area (Å²) in [6, 6.07) is 13.1. The molecule has 0 N–H and O–H groups in total. The van der Waals surface area contributed by atoms with E-state index < -0.39 is 5.97 Å². The van der Waals surface area contributed by atoms with Gasteiger partial charge in [0.15, 0.2) is 24.7 Å². The van der Waals surface area contributed by atoms with E-state index in [0.717, 1.165) is 16.7 Å². The van der Waals surface area contributed by atoms with Gasteiger partial charge in [-0.25, -0.2) is 4.79 Å². The van der Waals surface area contributed by atoms with Crippen molar-refractivity contribution in [2.75, 3.05) is 13.7 Å². The summed E-state index contributed by atoms with van der Waals surface area (Å²) in [6.45, 7) is 3.50. The van der Waals surface area contributed by atoms with Crippen molar-refractivity contribution in [2.24, 2.45) is 0 Å². The molecule has 1 aromatic heterocycles. The summed E-state index contributed by atoms with van der Waals surface area (Å²) >= 11 is 0. The van der Waals surface area contributed by atoms with E-state index in [1.54, 1.807) is 13.2 Å². The van der Waals surface area contributed by atoms with Gasteiger partial charge in [0, 0.05) is 5.56 Å². The molecule has 3 rings (SSSR count). The molecule has 1 heterocycles. The maximum absolute atomic E-state index is 12.0. The second kappa shape index (κ2) is 9.54. The molecule has 0 saturated heterocycles. The van der Waals surface area contributed by atoms with Gasteiger partial charge >= 0.3 is 5.97 Å². The van der Waals surface area contributed by atoms with Crippen LogP contribution in [-0.2, 0) is 16.1 Å². The molecule has 0 aliphatic rings. The summed E-state index contributed by atoms with van der Waals surface area (Å²) in [5, 5.41) is 3.93. The number of benzene rings is 2. The Labute approximate surface area is 168 Å². The number of esters is 1. The predicted octanol–water partition coefficient (Wildman–Crippen LogP) is 4.21. The molecular weight excluding hydrogens is 372 g/mol. The van der Waals surface area contributed by atoms with Gasteiger partial charge in [-0.15, -0.1) is 0 Å². The summed E-state index contributed by atoms with van der Waals surface area (Å²) < 4.78 is 21.1. The third-order valence-electron chi connectivity index (χ3n) is 4.10. The van der Waals surface area contributed by atoms with Crippen LogP contribution in [0.1, 0.15) is 23.9 Å². The maximum Gasteiger partial charge on any atom is 0.344 e. The van der Waals surface area contributed by atoms with Crippen molar-refractivity contribution in [3.8, 4) is 22.9 Å². The highest BCUT2D eigenvalue weighted by molar-refractivity contribution is 5.71. The molecular formula is C22H22N2O5. The third kappa shape index (κ3) is 5.22. The fourth-order valence-corrected chi connectivity index (χ4v) is 2.67. The minimum Gasteiger partial charge on any atom is -0.493 e. The molecule has 7 heteroatoms. The van der Waals surface area contributed by atoms with Gasteiger partial charge < -0.3 is 18.7 Å². The predicted molar refractivity (Wildman–Crippen MR) is 107 cm³/mol. The first-order chi connectivity index (χ1) is 14.1. The maximum atomic E-state index is 12.0. The van der Waals surface area contributed by atoms with Crippen LogP contribution in [0.4, 0.5) is 0 Å². The Kier molecular flexibility index (Phi) is 6.63. The Hall–Kier alpha value is -3.61. The van der Waals surface area contributed by atoms with E-state index in [2.05, 4.69) is 10.1 Å². The molecule has 0 aliphatic heterocycles. The van der Waals surface area contributed by atoms with E-state index in [1.165, 1.54) is 0 Å². The molecule has 2 aromatic carbocycles. The Morgan fingerprint density at radius 1 is 1.17 bits per heavy atom. The normalized spacial score (nSPS) is 10.9. The zero-order valence-corrected chi connectivity index (χ0v) is 16.5. The lowest BCUT2D eigenvalue weighted by atomic mass is 10.1. The van der Waals surface area contributed by atoms with E-state index >= 15 is 0 Å². The quantitative estimate of drug-likeness (QED) is 0.529. The van der Waals surface area contributed by atoms with Gasteiger partial charge in [-0.05, 0) is 37.1 Å². The van der Waals surface area contributed by atoms with E-state index in [4.69, 9.17) is 18.7 Å². The van der Waals surface area contributed by atoms with E-state index in [9.17, 15) is 4.79 Å². The Morgan fingerprint density at radius 2 is 2.00 bits per heavy atom. The number of rotatable bonds is 8. The van der Waals surface area contributed by atoms with Crippen LogP contribution in [-0.4, -0.2) is 29.8 Å². The molecule has 0 aliphatic carbocycles. The summed E-state index contributed by atoms with van der Waals surface area (Å²) in [4.78, 5) is 16.3. The first-order valence-corrected chi connectivity index (χ1v) is 9.08. The van der Waals surface area contributed by atoms with Crippen molar-refractivity contribution in [3.63, 3.8) is 0 Å². The first-order valence-electron chi connectivity index (χ1n) is 9.08. The number of methoxy groups -OCH3 is 1. The number of nitrogens with zero attached hydrogens (tertiary/aromatic N) is 2. The van der Waals surface area contributed by atoms with Crippen LogP contribution >= 0.6 is 0 Å². The van der Waals surface area contributed by atoms with Gasteiger partial charge in [-0.3, -0.25) is 0 Å². The number of ether oxygens (including phenoxy) is 3. The monoisotopic (exact) mass is 394 g/mol. The van der Waals surface area contributed by atoms with Gasteiger partial charge in [-0.2, -0.15) is 4.98 Å². The molecule has 0 fully saturated rings. The summed E-state index contributed by atoms with van der Waals surface area (Å²) in [5.41, 5.74) is 2.87. The number of aryl methyl sites for hydroxylation is 1. The minimum atomic E-state index is -0.555. The van der Waals surface area contributed by atoms with Crippen LogP contribution in [0, 0.1) is 6.92 Å². The number of carbonyl (C=O) groups is 1. The molecule has 0 bridgehead atoms. The lowest BCUT2D eigenvalue weighted by Crippen LogP contribution is -2.15. The van der Waals surface area contributed by atoms with Crippen molar-refractivity contribution < 1.29 is 23.5 Å². The second-order valence-corrected chi connectivity index (χ2v) is 6.19. The van der Waals surface area contributed by atoms with Gasteiger partial charge in [0.2, 0.25) is 5.82 Å². The molecule has 3 aromatic rings. The van der Waals surface area contributed by atoms with Crippen LogP contribution in [0.2, 0.25) is 0 Å². The molecule has 0 atom stereocenters. The van der Waals surface area contributed by atoms with Crippen molar-refractivity contribution in [3.05, 3.63) is 65.6 Å². The number of allylic oxidation sites excluding steroid dienone is 1. The van der Waals surface area contributed by atoms with Crippen molar-refractivity contribution in [1.82, 2.24) is 10.1 Å². The van der Waals surface area contributed by atoms with Gasteiger partial charge in [0.05, 0.1) is 7.11 Å². The smallest absolute Gasteiger partial charge is 0.344 e. The van der Waals surface area contributed by atoms with Gasteiger partial charge in [0.1, 0.15) is 0 Å². The number of hydrogen-bond donors (Lipinski definition) is 0. The highest BCUT2D eigenvalue weighted by Crippen LogP contribution is 2.28. The first kappa shape index (κ1) is 20.1. The van der Waals surface area contributed by atoms with Crippen molar-refractivity contribution in [1.29, 1.82) is 0 Å².